The van der Waals surface area contributed by atoms with E-state index in [0.29, 0.717) is 31.4 Å². The number of thiophene rings is 1. The van der Waals surface area contributed by atoms with Gasteiger partial charge in [-0.25, -0.2) is 23.1 Å². The number of alkyl halides is 3. The number of aromatic nitrogens is 2. The van der Waals surface area contributed by atoms with Crippen molar-refractivity contribution in [3.05, 3.63) is 40.2 Å². The monoisotopic (exact) mass is 595 g/mol. The normalized spacial score (nSPS) is 19.4. The molecular formula is C21H28F3N7O6S2. The smallest absolute Gasteiger partial charge is 0.376 e. The van der Waals surface area contributed by atoms with Crippen LogP contribution in [0.25, 0.3) is 0 Å². The fourth-order valence-electron chi connectivity index (χ4n) is 3.94. The molecule has 0 aliphatic carbocycles. The maximum atomic E-state index is 13.2. The summed E-state index contributed by atoms with van der Waals surface area (Å²) < 4.78 is 67.2. The first-order valence-corrected chi connectivity index (χ1v) is 14.0. The number of halogens is 3. The standard InChI is InChI=1S/C21H28F3N7O6S2/c1-12(2)17-18(32)25-6-7-30(17)11-14(10-28-39(36,37)16-5-4-15(38-16)31(34)35)29-19-26-8-13(9-27-19)20(3,33)21(22,23)24/h4-5,8-9,12,14,17,28,33H,6-7,10-11H2,1-3H3,(H,25,32)(H,26,27,29)/t14-,17?,20?/m1/s1. The van der Waals surface area contributed by atoms with Gasteiger partial charge in [-0.1, -0.05) is 13.8 Å². The lowest BCUT2D eigenvalue weighted by molar-refractivity contribution is -0.380. The molecule has 1 aliphatic rings. The third-order valence-electron chi connectivity index (χ3n) is 6.08. The zero-order valence-corrected chi connectivity index (χ0v) is 22.7. The fraction of sp³-hybridized carbons (Fsp3) is 0.571. The maximum absolute atomic E-state index is 13.2. The van der Waals surface area contributed by atoms with E-state index in [9.17, 15) is 41.6 Å². The number of carbonyl (C=O) groups is 1. The lowest BCUT2D eigenvalue weighted by Crippen LogP contribution is -2.60. The molecule has 3 rings (SSSR count). The lowest BCUT2D eigenvalue weighted by Gasteiger charge is -2.39. The summed E-state index contributed by atoms with van der Waals surface area (Å²) in [6, 6.07) is 0.867. The van der Waals surface area contributed by atoms with Crippen LogP contribution >= 0.6 is 11.3 Å². The van der Waals surface area contributed by atoms with Gasteiger partial charge in [0, 0.05) is 50.2 Å². The number of nitrogens with one attached hydrogen (secondary N) is 3. The number of aliphatic hydroxyl groups is 1. The molecule has 13 nitrogen and oxygen atoms in total. The Labute approximate surface area is 226 Å². The highest BCUT2D eigenvalue weighted by Crippen LogP contribution is 2.38. The number of carbonyl (C=O) groups excluding carboxylic acids is 1. The second-order valence-corrected chi connectivity index (χ2v) is 12.4. The van der Waals surface area contributed by atoms with Gasteiger partial charge in [0.05, 0.1) is 17.0 Å². The van der Waals surface area contributed by atoms with Crippen LogP contribution in [0.2, 0.25) is 0 Å². The van der Waals surface area contributed by atoms with E-state index in [1.807, 2.05) is 18.7 Å². The Morgan fingerprint density at radius 1 is 1.31 bits per heavy atom. The Morgan fingerprint density at radius 3 is 2.49 bits per heavy atom. The van der Waals surface area contributed by atoms with Crippen molar-refractivity contribution >= 4 is 38.2 Å². The van der Waals surface area contributed by atoms with E-state index < -0.39 is 44.4 Å². The summed E-state index contributed by atoms with van der Waals surface area (Å²) in [7, 11) is -4.16. The average Bonchev–Trinajstić information content (AvgIpc) is 3.34. The molecule has 3 atom stereocenters. The van der Waals surface area contributed by atoms with Crippen LogP contribution in [0, 0.1) is 16.0 Å². The predicted octanol–water partition coefficient (Wildman–Crippen LogP) is 1.43. The molecule has 2 aromatic heterocycles. The third kappa shape index (κ3) is 7.18. The van der Waals surface area contributed by atoms with Crippen molar-refractivity contribution in [2.75, 3.05) is 31.5 Å². The van der Waals surface area contributed by atoms with Crippen molar-refractivity contribution < 1.29 is 36.4 Å². The second kappa shape index (κ2) is 11.7. The molecule has 1 aliphatic heterocycles. The zero-order valence-electron chi connectivity index (χ0n) is 21.1. The Morgan fingerprint density at radius 2 is 1.95 bits per heavy atom. The van der Waals surface area contributed by atoms with Gasteiger partial charge in [-0.15, -0.1) is 0 Å². The van der Waals surface area contributed by atoms with Crippen LogP contribution in [0.4, 0.5) is 24.1 Å². The van der Waals surface area contributed by atoms with Crippen molar-refractivity contribution in [1.82, 2.24) is 24.9 Å². The van der Waals surface area contributed by atoms with E-state index in [1.54, 1.807) is 0 Å². The zero-order chi connectivity index (χ0) is 29.2. The van der Waals surface area contributed by atoms with Gasteiger partial charge in [0.2, 0.25) is 21.9 Å². The van der Waals surface area contributed by atoms with Crippen LogP contribution in [0.15, 0.2) is 28.7 Å². The number of sulfonamides is 1. The highest BCUT2D eigenvalue weighted by atomic mass is 32.2. The maximum Gasteiger partial charge on any atom is 0.421 e. The number of nitro groups is 1. The van der Waals surface area contributed by atoms with Crippen molar-refractivity contribution in [2.24, 2.45) is 5.92 Å². The average molecular weight is 596 g/mol. The van der Waals surface area contributed by atoms with E-state index >= 15 is 0 Å². The van der Waals surface area contributed by atoms with Crippen LogP contribution in [0.5, 0.6) is 0 Å². The first-order valence-electron chi connectivity index (χ1n) is 11.7. The largest absolute Gasteiger partial charge is 0.421 e. The van der Waals surface area contributed by atoms with E-state index in [4.69, 9.17) is 0 Å². The predicted molar refractivity (Wildman–Crippen MR) is 134 cm³/mol. The van der Waals surface area contributed by atoms with Crippen molar-refractivity contribution in [1.29, 1.82) is 0 Å². The highest BCUT2D eigenvalue weighted by molar-refractivity contribution is 7.91. The fourth-order valence-corrected chi connectivity index (χ4v) is 6.17. The molecule has 3 heterocycles. The van der Waals surface area contributed by atoms with Crippen LogP contribution in [0.1, 0.15) is 26.3 Å². The number of amides is 1. The van der Waals surface area contributed by atoms with Gasteiger partial charge in [0.1, 0.15) is 4.21 Å². The SMILES string of the molecule is CC(C)C1C(=O)NCCN1C[C@@H](CNS(=O)(=O)c1ccc([N+](=O)[O-])s1)Nc1ncc(C(C)(O)C(F)(F)F)cn1. The molecule has 1 amide bonds. The van der Waals surface area contributed by atoms with Crippen LogP contribution in [0.3, 0.4) is 0 Å². The van der Waals surface area contributed by atoms with Gasteiger partial charge in [-0.2, -0.15) is 13.2 Å². The molecule has 216 valence electrons. The molecule has 0 radical (unpaired) electrons. The van der Waals surface area contributed by atoms with Crippen LogP contribution in [-0.4, -0.2) is 83.7 Å². The van der Waals surface area contributed by atoms with Gasteiger partial charge < -0.3 is 15.7 Å². The van der Waals surface area contributed by atoms with Crippen LogP contribution in [-0.2, 0) is 20.4 Å². The Bertz CT molecular complexity index is 1290. The van der Waals surface area contributed by atoms with Crippen LogP contribution < -0.4 is 15.4 Å². The molecule has 0 spiro atoms. The first-order chi connectivity index (χ1) is 18.0. The Hall–Kier alpha value is -2.93. The number of nitrogens with zero attached hydrogens (tertiary/aromatic N) is 4. The summed E-state index contributed by atoms with van der Waals surface area (Å²) in [5.74, 6) is -0.429. The van der Waals surface area contributed by atoms with Crippen molar-refractivity contribution in [3.63, 3.8) is 0 Å². The molecule has 4 N–H and O–H groups in total. The molecule has 1 saturated heterocycles. The van der Waals surface area contributed by atoms with Gasteiger partial charge >= 0.3 is 11.2 Å². The summed E-state index contributed by atoms with van der Waals surface area (Å²) in [5, 5.41) is 26.1. The van der Waals surface area contributed by atoms with E-state index in [0.717, 1.165) is 24.5 Å². The van der Waals surface area contributed by atoms with Gasteiger partial charge in [-0.3, -0.25) is 19.8 Å². The molecule has 0 bridgehead atoms. The number of piperazine rings is 1. The topological polar surface area (TPSA) is 180 Å². The summed E-state index contributed by atoms with van der Waals surface area (Å²) >= 11 is 0.476. The third-order valence-corrected chi connectivity index (χ3v) is 9.03. The molecule has 0 aromatic carbocycles. The molecule has 18 heteroatoms. The minimum Gasteiger partial charge on any atom is -0.376 e. The summed E-state index contributed by atoms with van der Waals surface area (Å²) in [5.41, 5.74) is -3.78. The molecule has 39 heavy (non-hydrogen) atoms. The quantitative estimate of drug-likeness (QED) is 0.219. The molecule has 2 aromatic rings. The Balaban J connectivity index is 1.83. The minimum atomic E-state index is -4.97. The summed E-state index contributed by atoms with van der Waals surface area (Å²) in [4.78, 5) is 32.3. The van der Waals surface area contributed by atoms with Gasteiger partial charge in [0.25, 0.3) is 0 Å². The van der Waals surface area contributed by atoms with Gasteiger partial charge in [-0.05, 0) is 30.2 Å². The number of rotatable bonds is 11. The highest BCUT2D eigenvalue weighted by Gasteiger charge is 2.51. The number of hydrogen-bond donors (Lipinski definition) is 4. The molecule has 2 unspecified atom stereocenters. The van der Waals surface area contributed by atoms with Crippen molar-refractivity contribution in [3.8, 4) is 0 Å². The molecule has 1 fully saturated rings. The number of hydrogen-bond acceptors (Lipinski definition) is 11. The molecule has 0 saturated carbocycles. The van der Waals surface area contributed by atoms with E-state index in [1.165, 1.54) is 0 Å². The van der Waals surface area contributed by atoms with E-state index in [-0.39, 0.29) is 40.1 Å². The molecular weight excluding hydrogens is 567 g/mol. The Kier molecular flexibility index (Phi) is 9.16. The van der Waals surface area contributed by atoms with E-state index in [2.05, 4.69) is 25.3 Å². The lowest BCUT2D eigenvalue weighted by atomic mass is 9.99. The second-order valence-electron chi connectivity index (χ2n) is 9.38. The number of anilines is 1. The summed E-state index contributed by atoms with van der Waals surface area (Å²) in [6.45, 7) is 4.93. The van der Waals surface area contributed by atoms with Gasteiger partial charge in [0.15, 0.2) is 5.60 Å². The first kappa shape index (κ1) is 30.6. The summed E-state index contributed by atoms with van der Waals surface area (Å²) in [6.07, 6.45) is -3.36. The van der Waals surface area contributed by atoms with Crippen molar-refractivity contribution in [2.45, 2.75) is 48.8 Å². The minimum absolute atomic E-state index is 0.0885.